The van der Waals surface area contributed by atoms with Gasteiger partial charge in [0.25, 0.3) is 0 Å². The van der Waals surface area contributed by atoms with E-state index in [-0.39, 0.29) is 5.60 Å². The molecule has 1 unspecified atom stereocenters. The summed E-state index contributed by atoms with van der Waals surface area (Å²) in [4.78, 5) is 11.7. The normalized spacial score (nSPS) is 23.9. The Bertz CT molecular complexity index is 410. The molecule has 96 valence electrons. The van der Waals surface area contributed by atoms with Gasteiger partial charge in [-0.15, -0.1) is 6.58 Å². The van der Waals surface area contributed by atoms with E-state index in [2.05, 4.69) is 6.58 Å². The first kappa shape index (κ1) is 13.0. The quantitative estimate of drug-likeness (QED) is 0.739. The molecule has 2 heteroatoms. The van der Waals surface area contributed by atoms with Gasteiger partial charge in [-0.25, -0.2) is 0 Å². The van der Waals surface area contributed by atoms with Crippen LogP contribution in [0.3, 0.4) is 0 Å². The summed E-state index contributed by atoms with van der Waals surface area (Å²) in [7, 11) is 0. The van der Waals surface area contributed by atoms with Gasteiger partial charge in [0, 0.05) is 12.8 Å². The van der Waals surface area contributed by atoms with Crippen LogP contribution in [-0.4, -0.2) is 11.4 Å². The molecule has 0 aliphatic heterocycles. The second kappa shape index (κ2) is 5.96. The van der Waals surface area contributed by atoms with Crippen molar-refractivity contribution in [2.45, 2.75) is 44.3 Å². The van der Waals surface area contributed by atoms with E-state index in [0.717, 1.165) is 24.8 Å². The topological polar surface area (TPSA) is 26.3 Å². The first-order chi connectivity index (χ1) is 8.74. The van der Waals surface area contributed by atoms with Crippen LogP contribution in [0.1, 0.15) is 37.7 Å². The molecule has 0 saturated heterocycles. The number of benzene rings is 1. The van der Waals surface area contributed by atoms with Gasteiger partial charge in [-0.05, 0) is 24.8 Å². The minimum absolute atomic E-state index is 0.313. The van der Waals surface area contributed by atoms with Crippen molar-refractivity contribution in [2.75, 3.05) is 0 Å². The fraction of sp³-hybridized carbons (Fsp3) is 0.438. The van der Waals surface area contributed by atoms with E-state index < -0.39 is 0 Å². The molecule has 2 rings (SSSR count). The van der Waals surface area contributed by atoms with Crippen molar-refractivity contribution < 1.29 is 9.53 Å². The van der Waals surface area contributed by atoms with Crippen LogP contribution >= 0.6 is 0 Å². The lowest BCUT2D eigenvalue weighted by molar-refractivity contribution is -0.135. The molecule has 1 fully saturated rings. The predicted octanol–water partition coefficient (Wildman–Crippen LogP) is 3.66. The smallest absolute Gasteiger partial charge is 0.135 e. The van der Waals surface area contributed by atoms with Crippen molar-refractivity contribution in [3.8, 4) is 0 Å². The van der Waals surface area contributed by atoms with Crippen LogP contribution in [0.25, 0.3) is 0 Å². The van der Waals surface area contributed by atoms with Crippen LogP contribution < -0.4 is 0 Å². The Kier molecular flexibility index (Phi) is 4.32. The number of ether oxygens (including phenoxy) is 1. The number of carbonyl (C=O) groups is 1. The average Bonchev–Trinajstić information content (AvgIpc) is 2.38. The zero-order valence-corrected chi connectivity index (χ0v) is 10.7. The number of hydrogen-bond donors (Lipinski definition) is 0. The highest BCUT2D eigenvalue weighted by molar-refractivity contribution is 5.80. The van der Waals surface area contributed by atoms with Crippen molar-refractivity contribution in [1.29, 1.82) is 0 Å². The van der Waals surface area contributed by atoms with Gasteiger partial charge in [0.2, 0.25) is 0 Å². The van der Waals surface area contributed by atoms with Crippen LogP contribution in [0.5, 0.6) is 0 Å². The van der Waals surface area contributed by atoms with Gasteiger partial charge in [0.05, 0.1) is 12.2 Å². The fourth-order valence-corrected chi connectivity index (χ4v) is 2.57. The lowest BCUT2D eigenvalue weighted by atomic mass is 9.81. The van der Waals surface area contributed by atoms with E-state index >= 15 is 0 Å². The summed E-state index contributed by atoms with van der Waals surface area (Å²) in [5.41, 5.74) is 0.839. The molecule has 1 aliphatic carbocycles. The predicted molar refractivity (Wildman–Crippen MR) is 72.3 cm³/mol. The van der Waals surface area contributed by atoms with E-state index in [4.69, 9.17) is 4.74 Å². The molecule has 0 amide bonds. The third kappa shape index (κ3) is 3.30. The summed E-state index contributed by atoms with van der Waals surface area (Å²) in [6, 6.07) is 10.1. The largest absolute Gasteiger partial charge is 0.370 e. The van der Waals surface area contributed by atoms with Gasteiger partial charge >= 0.3 is 0 Å². The molecule has 0 N–H and O–H groups in total. The van der Waals surface area contributed by atoms with Gasteiger partial charge in [0.1, 0.15) is 5.78 Å². The van der Waals surface area contributed by atoms with Crippen LogP contribution in [0, 0.1) is 0 Å². The van der Waals surface area contributed by atoms with Gasteiger partial charge in [-0.3, -0.25) is 4.79 Å². The van der Waals surface area contributed by atoms with Crippen molar-refractivity contribution in [3.63, 3.8) is 0 Å². The molecule has 0 heterocycles. The Morgan fingerprint density at radius 1 is 1.33 bits per heavy atom. The molecule has 2 nitrogen and oxygen atoms in total. The highest BCUT2D eigenvalue weighted by atomic mass is 16.5. The molecule has 1 aromatic carbocycles. The zero-order valence-electron chi connectivity index (χ0n) is 10.7. The Hall–Kier alpha value is -1.41. The highest BCUT2D eigenvalue weighted by Crippen LogP contribution is 2.34. The van der Waals surface area contributed by atoms with Crippen molar-refractivity contribution >= 4 is 5.78 Å². The average molecular weight is 244 g/mol. The van der Waals surface area contributed by atoms with E-state index in [0.29, 0.717) is 25.2 Å². The maximum atomic E-state index is 11.7. The highest BCUT2D eigenvalue weighted by Gasteiger charge is 2.35. The van der Waals surface area contributed by atoms with E-state index in [1.165, 1.54) is 0 Å². The Balaban J connectivity index is 2.02. The summed E-state index contributed by atoms with van der Waals surface area (Å²) < 4.78 is 6.08. The van der Waals surface area contributed by atoms with Crippen molar-refractivity contribution in [3.05, 3.63) is 48.6 Å². The maximum Gasteiger partial charge on any atom is 0.135 e. The number of hydrogen-bond acceptors (Lipinski definition) is 2. The standard InChI is InChI=1S/C16H20O2/c1-2-10-16(11-6-9-15(17)12-16)18-13-14-7-4-3-5-8-14/h2-5,7-8H,1,6,9-13H2. The van der Waals surface area contributed by atoms with Gasteiger partial charge in [-0.1, -0.05) is 36.4 Å². The Morgan fingerprint density at radius 3 is 2.78 bits per heavy atom. The number of ketones is 1. The molecular weight excluding hydrogens is 224 g/mol. The minimum atomic E-state index is -0.313. The van der Waals surface area contributed by atoms with Gasteiger partial charge in [0.15, 0.2) is 0 Å². The Labute approximate surface area is 109 Å². The molecule has 0 spiro atoms. The van der Waals surface area contributed by atoms with Gasteiger partial charge < -0.3 is 4.74 Å². The maximum absolute atomic E-state index is 11.7. The van der Waals surface area contributed by atoms with E-state index in [1.807, 2.05) is 36.4 Å². The lowest BCUT2D eigenvalue weighted by Gasteiger charge is -2.35. The SMILES string of the molecule is C=CCC1(OCc2ccccc2)CCCC(=O)C1. The minimum Gasteiger partial charge on any atom is -0.370 e. The summed E-state index contributed by atoms with van der Waals surface area (Å²) in [5.74, 6) is 0.316. The van der Waals surface area contributed by atoms with Crippen molar-refractivity contribution in [1.82, 2.24) is 0 Å². The zero-order chi connectivity index (χ0) is 12.8. The summed E-state index contributed by atoms with van der Waals surface area (Å²) in [6.45, 7) is 4.36. The molecule has 1 atom stereocenters. The van der Waals surface area contributed by atoms with E-state index in [9.17, 15) is 4.79 Å². The molecule has 0 bridgehead atoms. The molecule has 0 radical (unpaired) electrons. The molecular formula is C16H20O2. The second-order valence-electron chi connectivity index (χ2n) is 5.02. The fourth-order valence-electron chi connectivity index (χ4n) is 2.57. The number of carbonyl (C=O) groups excluding carboxylic acids is 1. The first-order valence-corrected chi connectivity index (χ1v) is 6.55. The summed E-state index contributed by atoms with van der Waals surface area (Å²) in [5, 5.41) is 0. The molecule has 1 aliphatic rings. The van der Waals surface area contributed by atoms with Crippen LogP contribution in [-0.2, 0) is 16.1 Å². The second-order valence-corrected chi connectivity index (χ2v) is 5.02. The third-order valence-electron chi connectivity index (χ3n) is 3.51. The molecule has 1 saturated carbocycles. The number of Topliss-reactive ketones (excluding diaryl/α,β-unsaturated/α-hetero) is 1. The number of rotatable bonds is 5. The molecule has 18 heavy (non-hydrogen) atoms. The van der Waals surface area contributed by atoms with Crippen LogP contribution in [0.4, 0.5) is 0 Å². The van der Waals surface area contributed by atoms with E-state index in [1.54, 1.807) is 0 Å². The van der Waals surface area contributed by atoms with Crippen molar-refractivity contribution in [2.24, 2.45) is 0 Å². The molecule has 0 aromatic heterocycles. The Morgan fingerprint density at radius 2 is 2.11 bits per heavy atom. The van der Waals surface area contributed by atoms with Crippen LogP contribution in [0.15, 0.2) is 43.0 Å². The first-order valence-electron chi connectivity index (χ1n) is 6.55. The van der Waals surface area contributed by atoms with Crippen LogP contribution in [0.2, 0.25) is 0 Å². The monoisotopic (exact) mass is 244 g/mol. The molecule has 1 aromatic rings. The summed E-state index contributed by atoms with van der Waals surface area (Å²) in [6.07, 6.45) is 5.74. The van der Waals surface area contributed by atoms with Gasteiger partial charge in [-0.2, -0.15) is 0 Å². The lowest BCUT2D eigenvalue weighted by Crippen LogP contribution is -2.38. The third-order valence-corrected chi connectivity index (χ3v) is 3.51. The summed E-state index contributed by atoms with van der Waals surface area (Å²) >= 11 is 0.